The normalized spacial score (nSPS) is 11.4. The monoisotopic (exact) mass is 421 g/mol. The molecule has 0 bridgehead atoms. The minimum Gasteiger partial charge on any atom is -0.432 e. The Hall–Kier alpha value is -3.76. The number of aromatic nitrogens is 4. The number of hydrogen-bond acceptors (Lipinski definition) is 5. The first-order valence-electron chi connectivity index (χ1n) is 8.51. The zero-order chi connectivity index (χ0) is 21.3. The topological polar surface area (TPSA) is 64.9 Å². The van der Waals surface area contributed by atoms with Gasteiger partial charge in [-0.25, -0.2) is 23.1 Å². The van der Waals surface area contributed by atoms with Crippen molar-refractivity contribution in [2.75, 3.05) is 5.32 Å². The standard InChI is InChI=1S/C19H12F5N5O/c20-11-7-10(5-6-14(11)30-19(23)24)26-15-8-25-9-16(28-15)29-13-4-2-1-3-12(13)27-18(29)17(21)22/h1-9,17,19H,(H,26,28). The lowest BCUT2D eigenvalue weighted by molar-refractivity contribution is -0.0521. The van der Waals surface area contributed by atoms with Gasteiger partial charge in [0.1, 0.15) is 0 Å². The van der Waals surface area contributed by atoms with E-state index in [0.717, 1.165) is 12.1 Å². The average Bonchev–Trinajstić information content (AvgIpc) is 3.10. The van der Waals surface area contributed by atoms with Crippen LogP contribution in [-0.4, -0.2) is 26.1 Å². The number of para-hydroxylation sites is 2. The Balaban J connectivity index is 1.68. The van der Waals surface area contributed by atoms with Gasteiger partial charge in [-0.2, -0.15) is 8.78 Å². The number of nitrogens with zero attached hydrogens (tertiary/aromatic N) is 4. The Morgan fingerprint density at radius 3 is 2.50 bits per heavy atom. The molecule has 2 heterocycles. The van der Waals surface area contributed by atoms with E-state index in [1.807, 2.05) is 0 Å². The van der Waals surface area contributed by atoms with E-state index in [0.29, 0.717) is 11.0 Å². The molecule has 4 aromatic rings. The SMILES string of the molecule is Fc1cc(Nc2cncc(-n3c(C(F)F)nc4ccccc43)n2)ccc1OC(F)F. The first-order chi connectivity index (χ1) is 14.4. The second kappa shape index (κ2) is 7.93. The highest BCUT2D eigenvalue weighted by atomic mass is 19.3. The van der Waals surface area contributed by atoms with Crippen molar-refractivity contribution in [2.45, 2.75) is 13.0 Å². The van der Waals surface area contributed by atoms with Crippen LogP contribution in [0.25, 0.3) is 16.9 Å². The van der Waals surface area contributed by atoms with Gasteiger partial charge in [-0.3, -0.25) is 9.55 Å². The molecule has 0 saturated carbocycles. The van der Waals surface area contributed by atoms with Crippen LogP contribution >= 0.6 is 0 Å². The van der Waals surface area contributed by atoms with E-state index >= 15 is 0 Å². The van der Waals surface area contributed by atoms with E-state index in [-0.39, 0.29) is 17.3 Å². The predicted octanol–water partition coefficient (Wildman–Crippen LogP) is 5.24. The summed E-state index contributed by atoms with van der Waals surface area (Å²) in [7, 11) is 0. The molecule has 1 N–H and O–H groups in total. The highest BCUT2D eigenvalue weighted by Crippen LogP contribution is 2.28. The van der Waals surface area contributed by atoms with Crippen LogP contribution in [0.4, 0.5) is 33.5 Å². The molecule has 0 unspecified atom stereocenters. The number of alkyl halides is 4. The fourth-order valence-electron chi connectivity index (χ4n) is 2.87. The number of rotatable bonds is 6. The summed E-state index contributed by atoms with van der Waals surface area (Å²) in [6, 6.07) is 9.83. The van der Waals surface area contributed by atoms with Crippen molar-refractivity contribution in [3.63, 3.8) is 0 Å². The summed E-state index contributed by atoms with van der Waals surface area (Å²) in [6.07, 6.45) is -0.274. The molecule has 6 nitrogen and oxygen atoms in total. The molecule has 4 rings (SSSR count). The number of anilines is 2. The molecule has 2 aromatic carbocycles. The molecule has 154 valence electrons. The van der Waals surface area contributed by atoms with Gasteiger partial charge in [0.05, 0.1) is 23.4 Å². The summed E-state index contributed by atoms with van der Waals surface area (Å²) >= 11 is 0. The lowest BCUT2D eigenvalue weighted by Crippen LogP contribution is -2.06. The maximum atomic E-state index is 13.9. The van der Waals surface area contributed by atoms with Gasteiger partial charge in [0.15, 0.2) is 29.0 Å². The zero-order valence-electron chi connectivity index (χ0n) is 14.9. The lowest BCUT2D eigenvalue weighted by atomic mass is 10.3. The molecule has 0 amide bonds. The Kier molecular flexibility index (Phi) is 5.17. The molecule has 0 fully saturated rings. The average molecular weight is 421 g/mol. The number of ether oxygens (including phenoxy) is 1. The van der Waals surface area contributed by atoms with Crippen LogP contribution in [0.15, 0.2) is 54.9 Å². The minimum atomic E-state index is -3.16. The lowest BCUT2D eigenvalue weighted by Gasteiger charge is -2.11. The van der Waals surface area contributed by atoms with Gasteiger partial charge in [0.2, 0.25) is 0 Å². The van der Waals surface area contributed by atoms with Crippen molar-refractivity contribution in [1.29, 1.82) is 0 Å². The van der Waals surface area contributed by atoms with Crippen LogP contribution in [0.2, 0.25) is 0 Å². The van der Waals surface area contributed by atoms with Gasteiger partial charge in [0.25, 0.3) is 6.43 Å². The second-order valence-electron chi connectivity index (χ2n) is 6.01. The molecule has 2 aromatic heterocycles. The third-order valence-electron chi connectivity index (χ3n) is 4.05. The van der Waals surface area contributed by atoms with Gasteiger partial charge in [0, 0.05) is 11.8 Å². The van der Waals surface area contributed by atoms with Gasteiger partial charge in [-0.15, -0.1) is 0 Å². The summed E-state index contributed by atoms with van der Waals surface area (Å²) in [4.78, 5) is 12.2. The molecule has 30 heavy (non-hydrogen) atoms. The van der Waals surface area contributed by atoms with E-state index in [1.165, 1.54) is 23.0 Å². The highest BCUT2D eigenvalue weighted by Gasteiger charge is 2.21. The van der Waals surface area contributed by atoms with Crippen LogP contribution in [0, 0.1) is 5.82 Å². The van der Waals surface area contributed by atoms with E-state index in [1.54, 1.807) is 24.3 Å². The number of benzene rings is 2. The van der Waals surface area contributed by atoms with Crippen LogP contribution < -0.4 is 10.1 Å². The van der Waals surface area contributed by atoms with E-state index in [4.69, 9.17) is 0 Å². The van der Waals surface area contributed by atoms with Gasteiger partial charge >= 0.3 is 6.61 Å². The maximum Gasteiger partial charge on any atom is 0.387 e. The van der Waals surface area contributed by atoms with Gasteiger partial charge < -0.3 is 10.1 Å². The number of fused-ring (bicyclic) bond motifs is 1. The number of halogens is 5. The molecule has 0 atom stereocenters. The Labute approximate surface area is 166 Å². The molecule has 0 saturated heterocycles. The summed E-state index contributed by atoms with van der Waals surface area (Å²) < 4.78 is 70.7. The number of hydrogen-bond donors (Lipinski definition) is 1. The molecule has 0 aliphatic heterocycles. The van der Waals surface area contributed by atoms with E-state index in [9.17, 15) is 22.0 Å². The Morgan fingerprint density at radius 1 is 0.967 bits per heavy atom. The molecule has 0 spiro atoms. The second-order valence-corrected chi connectivity index (χ2v) is 6.01. The summed E-state index contributed by atoms with van der Waals surface area (Å²) in [5.74, 6) is -1.93. The smallest absolute Gasteiger partial charge is 0.387 e. The molecule has 0 aliphatic rings. The van der Waals surface area contributed by atoms with Crippen LogP contribution in [0.3, 0.4) is 0 Å². The van der Waals surface area contributed by atoms with Crippen molar-refractivity contribution < 1.29 is 26.7 Å². The quantitative estimate of drug-likeness (QED) is 0.432. The summed E-state index contributed by atoms with van der Waals surface area (Å²) in [5, 5.41) is 2.75. The number of imidazole rings is 1. The Morgan fingerprint density at radius 2 is 1.77 bits per heavy atom. The third-order valence-corrected chi connectivity index (χ3v) is 4.05. The van der Waals surface area contributed by atoms with Gasteiger partial charge in [-0.05, 0) is 24.3 Å². The fraction of sp³-hybridized carbons (Fsp3) is 0.105. The zero-order valence-corrected chi connectivity index (χ0v) is 14.9. The fourth-order valence-corrected chi connectivity index (χ4v) is 2.87. The molecule has 0 radical (unpaired) electrons. The van der Waals surface area contributed by atoms with Crippen molar-refractivity contribution in [1.82, 2.24) is 19.5 Å². The van der Waals surface area contributed by atoms with E-state index in [2.05, 4.69) is 25.0 Å². The minimum absolute atomic E-state index is 0.0714. The van der Waals surface area contributed by atoms with Crippen molar-refractivity contribution in [3.8, 4) is 11.6 Å². The first-order valence-corrected chi connectivity index (χ1v) is 8.51. The highest BCUT2D eigenvalue weighted by molar-refractivity contribution is 5.78. The molecular formula is C19H12F5N5O. The van der Waals surface area contributed by atoms with Crippen molar-refractivity contribution >= 4 is 22.5 Å². The van der Waals surface area contributed by atoms with Crippen LogP contribution in [0.5, 0.6) is 5.75 Å². The maximum absolute atomic E-state index is 13.9. The summed E-state index contributed by atoms with van der Waals surface area (Å²) in [5.41, 5.74) is 0.952. The van der Waals surface area contributed by atoms with E-state index < -0.39 is 30.4 Å². The predicted molar refractivity (Wildman–Crippen MR) is 97.9 cm³/mol. The number of nitrogens with one attached hydrogen (secondary N) is 1. The van der Waals surface area contributed by atoms with Crippen LogP contribution in [-0.2, 0) is 0 Å². The van der Waals surface area contributed by atoms with Crippen molar-refractivity contribution in [3.05, 3.63) is 66.5 Å². The van der Waals surface area contributed by atoms with Crippen LogP contribution in [0.1, 0.15) is 12.2 Å². The molecule has 0 aliphatic carbocycles. The molecular weight excluding hydrogens is 409 g/mol. The molecule has 11 heteroatoms. The third kappa shape index (κ3) is 3.86. The first kappa shape index (κ1) is 19.6. The van der Waals surface area contributed by atoms with Crippen molar-refractivity contribution in [2.24, 2.45) is 0 Å². The Bertz CT molecular complexity index is 1200. The van der Waals surface area contributed by atoms with Gasteiger partial charge in [-0.1, -0.05) is 12.1 Å². The summed E-state index contributed by atoms with van der Waals surface area (Å²) in [6.45, 7) is -3.16. The largest absolute Gasteiger partial charge is 0.432 e.